The van der Waals surface area contributed by atoms with Crippen molar-refractivity contribution >= 4 is 27.6 Å². The van der Waals surface area contributed by atoms with Crippen LogP contribution in [-0.2, 0) is 14.8 Å². The Hall–Kier alpha value is -1.78. The molecule has 10 heteroatoms. The Balaban J connectivity index is 2.44. The third kappa shape index (κ3) is 5.14. The van der Waals surface area contributed by atoms with E-state index in [1.165, 1.54) is 5.01 Å². The van der Waals surface area contributed by atoms with Crippen LogP contribution < -0.4 is 10.1 Å². The van der Waals surface area contributed by atoms with Gasteiger partial charge in [0.2, 0.25) is 11.5 Å². The van der Waals surface area contributed by atoms with Gasteiger partial charge in [-0.25, -0.2) is 28.1 Å². The second-order valence-corrected chi connectivity index (χ2v) is 7.99. The summed E-state index contributed by atoms with van der Waals surface area (Å²) in [5.74, 6) is -0.116. The summed E-state index contributed by atoms with van der Waals surface area (Å²) >= 11 is 6.12. The number of rotatable bonds is 8. The number of nitrogens with zero attached hydrogens (tertiary/aromatic N) is 3. The molecule has 2 N–H and O–H groups in total. The van der Waals surface area contributed by atoms with Crippen LogP contribution in [0.3, 0.4) is 0 Å². The first-order chi connectivity index (χ1) is 12.7. The van der Waals surface area contributed by atoms with E-state index in [2.05, 4.69) is 20.1 Å². The van der Waals surface area contributed by atoms with Gasteiger partial charge in [0.05, 0.1) is 5.69 Å². The second-order valence-electron chi connectivity index (χ2n) is 5.91. The Morgan fingerprint density at radius 1 is 1.26 bits per heavy atom. The molecule has 2 aromatic rings. The summed E-state index contributed by atoms with van der Waals surface area (Å²) in [6, 6.07) is 7.46. The van der Waals surface area contributed by atoms with Crippen LogP contribution in [0.1, 0.15) is 18.1 Å². The van der Waals surface area contributed by atoms with Crippen molar-refractivity contribution in [3.63, 3.8) is 0 Å². The van der Waals surface area contributed by atoms with Gasteiger partial charge in [0.15, 0.2) is 0 Å². The van der Waals surface area contributed by atoms with Crippen molar-refractivity contribution in [1.82, 2.24) is 20.4 Å². The molecule has 1 aromatic heterocycles. The predicted octanol–water partition coefficient (Wildman–Crippen LogP) is 2.54. The number of aryl methyl sites for hydroxylation is 2. The summed E-state index contributed by atoms with van der Waals surface area (Å²) in [6.07, 6.45) is 0. The standard InChI is InChI=1S/C17H24ClN5O3S/c1-6-26-17(23(5)19-4)27(24,25)22-16-20-13(10-14(18)21-16)15-11(2)8-7-9-12(15)3/h7-10,17,19H,6H2,1-5H3,(H,20,21,22). The van der Waals surface area contributed by atoms with E-state index in [0.29, 0.717) is 5.69 Å². The van der Waals surface area contributed by atoms with Gasteiger partial charge in [-0.1, -0.05) is 29.8 Å². The molecule has 0 aliphatic heterocycles. The quantitative estimate of drug-likeness (QED) is 0.390. The smallest absolute Gasteiger partial charge is 0.278 e. The van der Waals surface area contributed by atoms with Gasteiger partial charge in [0.1, 0.15) is 5.15 Å². The maximum atomic E-state index is 12.7. The molecule has 1 aromatic carbocycles. The SMILES string of the molecule is CCOC(N(C)NC)S(=O)(=O)Nc1nc(Cl)cc(-c2c(C)cccc2C)n1. The average molecular weight is 414 g/mol. The number of benzene rings is 1. The lowest BCUT2D eigenvalue weighted by molar-refractivity contribution is -0.00678. The van der Waals surface area contributed by atoms with Crippen molar-refractivity contribution in [2.75, 3.05) is 25.4 Å². The molecule has 0 saturated carbocycles. The highest BCUT2D eigenvalue weighted by atomic mass is 35.5. The monoisotopic (exact) mass is 413 g/mol. The molecular weight excluding hydrogens is 390 g/mol. The van der Waals surface area contributed by atoms with Crippen LogP contribution in [0.15, 0.2) is 24.3 Å². The van der Waals surface area contributed by atoms with E-state index in [1.807, 2.05) is 32.0 Å². The summed E-state index contributed by atoms with van der Waals surface area (Å²) in [5.41, 5.74) is 4.89. The zero-order chi connectivity index (χ0) is 20.2. The highest BCUT2D eigenvalue weighted by Gasteiger charge is 2.31. The minimum Gasteiger partial charge on any atom is -0.347 e. The van der Waals surface area contributed by atoms with E-state index in [1.54, 1.807) is 27.1 Å². The molecule has 0 saturated heterocycles. The maximum absolute atomic E-state index is 12.7. The minimum atomic E-state index is -3.98. The van der Waals surface area contributed by atoms with Crippen LogP contribution >= 0.6 is 11.6 Å². The second kappa shape index (κ2) is 8.94. The zero-order valence-corrected chi connectivity index (χ0v) is 17.5. The average Bonchev–Trinajstić information content (AvgIpc) is 2.57. The molecule has 1 unspecified atom stereocenters. The van der Waals surface area contributed by atoms with Gasteiger partial charge >= 0.3 is 0 Å². The van der Waals surface area contributed by atoms with Gasteiger partial charge in [-0.2, -0.15) is 0 Å². The fourth-order valence-corrected chi connectivity index (χ4v) is 4.11. The number of ether oxygens (including phenoxy) is 1. The molecule has 0 spiro atoms. The van der Waals surface area contributed by atoms with E-state index in [4.69, 9.17) is 16.3 Å². The first-order valence-electron chi connectivity index (χ1n) is 8.34. The highest BCUT2D eigenvalue weighted by molar-refractivity contribution is 7.93. The van der Waals surface area contributed by atoms with E-state index in [-0.39, 0.29) is 17.7 Å². The molecule has 2 rings (SSSR count). The number of aromatic nitrogens is 2. The maximum Gasteiger partial charge on any atom is 0.278 e. The van der Waals surface area contributed by atoms with Gasteiger partial charge in [0.25, 0.3) is 10.0 Å². The summed E-state index contributed by atoms with van der Waals surface area (Å²) < 4.78 is 33.2. The van der Waals surface area contributed by atoms with Gasteiger partial charge in [0, 0.05) is 25.3 Å². The molecule has 0 bridgehead atoms. The van der Waals surface area contributed by atoms with E-state index < -0.39 is 15.6 Å². The fraction of sp³-hybridized carbons (Fsp3) is 0.412. The Morgan fingerprint density at radius 2 is 1.89 bits per heavy atom. The molecule has 148 valence electrons. The lowest BCUT2D eigenvalue weighted by atomic mass is 10.00. The molecule has 0 fully saturated rings. The summed E-state index contributed by atoms with van der Waals surface area (Å²) in [6.45, 7) is 5.83. The Bertz CT molecular complexity index is 887. The lowest BCUT2D eigenvalue weighted by Gasteiger charge is -2.26. The normalized spacial score (nSPS) is 13.0. The number of nitrogens with one attached hydrogen (secondary N) is 2. The zero-order valence-electron chi connectivity index (χ0n) is 15.9. The van der Waals surface area contributed by atoms with Crippen molar-refractivity contribution in [3.8, 4) is 11.3 Å². The lowest BCUT2D eigenvalue weighted by Crippen LogP contribution is -2.49. The van der Waals surface area contributed by atoms with Crippen LogP contribution in [0.4, 0.5) is 5.95 Å². The van der Waals surface area contributed by atoms with E-state index in [0.717, 1.165) is 16.7 Å². The van der Waals surface area contributed by atoms with Crippen LogP contribution in [-0.4, -0.2) is 49.7 Å². The minimum absolute atomic E-state index is 0.116. The molecule has 1 atom stereocenters. The molecule has 1 heterocycles. The van der Waals surface area contributed by atoms with Crippen molar-refractivity contribution in [1.29, 1.82) is 0 Å². The van der Waals surface area contributed by atoms with Gasteiger partial charge in [-0.05, 0) is 38.9 Å². The van der Waals surface area contributed by atoms with Crippen LogP contribution in [0, 0.1) is 13.8 Å². The summed E-state index contributed by atoms with van der Waals surface area (Å²) in [7, 11) is -0.828. The first-order valence-corrected chi connectivity index (χ1v) is 10.3. The van der Waals surface area contributed by atoms with Gasteiger partial charge in [-0.3, -0.25) is 5.43 Å². The fourth-order valence-electron chi connectivity index (χ4n) is 2.64. The molecular formula is C17H24ClN5O3S. The molecule has 0 aliphatic rings. The van der Waals surface area contributed by atoms with Crippen LogP contribution in [0.25, 0.3) is 11.3 Å². The third-order valence-electron chi connectivity index (χ3n) is 3.91. The molecule has 27 heavy (non-hydrogen) atoms. The number of hydrogen-bond donors (Lipinski definition) is 2. The molecule has 0 radical (unpaired) electrons. The number of hydrogen-bond acceptors (Lipinski definition) is 7. The molecule has 8 nitrogen and oxygen atoms in total. The van der Waals surface area contributed by atoms with Gasteiger partial charge in [-0.15, -0.1) is 0 Å². The molecule has 0 amide bonds. The van der Waals surface area contributed by atoms with Crippen molar-refractivity contribution in [2.45, 2.75) is 26.3 Å². The van der Waals surface area contributed by atoms with Crippen LogP contribution in [0.2, 0.25) is 5.15 Å². The number of halogens is 1. The summed E-state index contributed by atoms with van der Waals surface area (Å²) in [4.78, 5) is 8.36. The van der Waals surface area contributed by atoms with Crippen molar-refractivity contribution in [2.24, 2.45) is 0 Å². The largest absolute Gasteiger partial charge is 0.347 e. The van der Waals surface area contributed by atoms with Crippen LogP contribution in [0.5, 0.6) is 0 Å². The topological polar surface area (TPSA) is 96.5 Å². The Labute approximate surface area is 164 Å². The van der Waals surface area contributed by atoms with Gasteiger partial charge < -0.3 is 4.74 Å². The first kappa shape index (κ1) is 21.5. The Morgan fingerprint density at radius 3 is 2.44 bits per heavy atom. The molecule has 0 aliphatic carbocycles. The van der Waals surface area contributed by atoms with Crippen molar-refractivity contribution < 1.29 is 13.2 Å². The Kier molecular flexibility index (Phi) is 7.12. The number of sulfonamides is 1. The summed E-state index contributed by atoms with van der Waals surface area (Å²) in [5, 5.41) is 1.46. The predicted molar refractivity (Wildman–Crippen MR) is 107 cm³/mol. The van der Waals surface area contributed by atoms with E-state index in [9.17, 15) is 8.42 Å². The number of anilines is 1. The highest BCUT2D eigenvalue weighted by Crippen LogP contribution is 2.28. The van der Waals surface area contributed by atoms with Crippen molar-refractivity contribution in [3.05, 3.63) is 40.5 Å². The van der Waals surface area contributed by atoms with E-state index >= 15 is 0 Å². The number of hydrazine groups is 1. The third-order valence-corrected chi connectivity index (χ3v) is 5.55.